The molecule has 0 radical (unpaired) electrons. The van der Waals surface area contributed by atoms with E-state index in [1.807, 2.05) is 0 Å². The first kappa shape index (κ1) is 12.9. The van der Waals surface area contributed by atoms with E-state index in [0.29, 0.717) is 19.3 Å². The predicted molar refractivity (Wildman–Crippen MR) is 57.0 cm³/mol. The van der Waals surface area contributed by atoms with Crippen molar-refractivity contribution in [2.45, 2.75) is 31.8 Å². The van der Waals surface area contributed by atoms with Crippen LogP contribution < -0.4 is 5.14 Å². The van der Waals surface area contributed by atoms with E-state index in [1.165, 1.54) is 12.8 Å². The van der Waals surface area contributed by atoms with Gasteiger partial charge in [-0.2, -0.15) is 0 Å². The van der Waals surface area contributed by atoms with Gasteiger partial charge in [0.05, 0.1) is 31.7 Å². The van der Waals surface area contributed by atoms with Crippen LogP contribution in [0.25, 0.3) is 0 Å². The normalized spacial score (nSPS) is 18.5. The van der Waals surface area contributed by atoms with E-state index >= 15 is 0 Å². The maximum absolute atomic E-state index is 10.5. The van der Waals surface area contributed by atoms with Crippen molar-refractivity contribution in [2.75, 3.05) is 25.6 Å². The Morgan fingerprint density at radius 3 is 2.40 bits per heavy atom. The number of ether oxygens (including phenoxy) is 2. The summed E-state index contributed by atoms with van der Waals surface area (Å²) in [7, 11) is -3.39. The lowest BCUT2D eigenvalue weighted by molar-refractivity contribution is 0.0112. The molecule has 1 saturated carbocycles. The number of hydrogen-bond acceptors (Lipinski definition) is 4. The highest BCUT2D eigenvalue weighted by molar-refractivity contribution is 7.89. The molecule has 0 bridgehead atoms. The van der Waals surface area contributed by atoms with E-state index in [0.717, 1.165) is 12.8 Å². The molecule has 5 nitrogen and oxygen atoms in total. The first-order chi connectivity index (χ1) is 7.08. The van der Waals surface area contributed by atoms with Gasteiger partial charge < -0.3 is 9.47 Å². The standard InChI is InChI=1S/C9H19NO4S/c10-15(11,12)8-7-13-5-6-14-9-3-1-2-4-9/h9H,1-8H2,(H2,10,11,12). The van der Waals surface area contributed by atoms with Gasteiger partial charge in [0.15, 0.2) is 0 Å². The maximum Gasteiger partial charge on any atom is 0.211 e. The SMILES string of the molecule is NS(=O)(=O)CCOCCOC1CCCC1. The molecule has 2 N–H and O–H groups in total. The van der Waals surface area contributed by atoms with Crippen molar-refractivity contribution < 1.29 is 17.9 Å². The molecule has 0 aromatic heterocycles. The summed E-state index contributed by atoms with van der Waals surface area (Å²) in [6.07, 6.45) is 5.15. The summed E-state index contributed by atoms with van der Waals surface area (Å²) in [5.41, 5.74) is 0. The number of hydrogen-bond donors (Lipinski definition) is 1. The molecule has 15 heavy (non-hydrogen) atoms. The molecule has 1 rings (SSSR count). The first-order valence-corrected chi connectivity index (χ1v) is 6.99. The van der Waals surface area contributed by atoms with Gasteiger partial charge in [-0.1, -0.05) is 12.8 Å². The van der Waals surface area contributed by atoms with E-state index in [2.05, 4.69) is 0 Å². The van der Waals surface area contributed by atoms with Gasteiger partial charge in [-0.25, -0.2) is 13.6 Å². The third kappa shape index (κ3) is 6.83. The van der Waals surface area contributed by atoms with Gasteiger partial charge in [0, 0.05) is 0 Å². The molecule has 0 aliphatic heterocycles. The topological polar surface area (TPSA) is 78.6 Å². The van der Waals surface area contributed by atoms with Crippen molar-refractivity contribution in [1.82, 2.24) is 0 Å². The third-order valence-electron chi connectivity index (χ3n) is 2.40. The molecule has 1 aliphatic rings. The molecule has 1 aliphatic carbocycles. The van der Waals surface area contributed by atoms with Gasteiger partial charge in [-0.05, 0) is 12.8 Å². The van der Waals surface area contributed by atoms with Crippen molar-refractivity contribution >= 4 is 10.0 Å². The van der Waals surface area contributed by atoms with Crippen LogP contribution in [0.1, 0.15) is 25.7 Å². The van der Waals surface area contributed by atoms with E-state index in [9.17, 15) is 8.42 Å². The Labute approximate surface area is 91.0 Å². The molecule has 0 aromatic rings. The lowest BCUT2D eigenvalue weighted by Crippen LogP contribution is -2.21. The van der Waals surface area contributed by atoms with Gasteiger partial charge in [0.2, 0.25) is 10.0 Å². The minimum Gasteiger partial charge on any atom is -0.378 e. The number of nitrogens with two attached hydrogens (primary N) is 1. The highest BCUT2D eigenvalue weighted by atomic mass is 32.2. The summed E-state index contributed by atoms with van der Waals surface area (Å²) in [5, 5.41) is 4.81. The first-order valence-electron chi connectivity index (χ1n) is 5.28. The van der Waals surface area contributed by atoms with E-state index in [-0.39, 0.29) is 12.4 Å². The maximum atomic E-state index is 10.5. The summed E-state index contributed by atoms with van der Waals surface area (Å²) in [5.74, 6) is -0.129. The average Bonchev–Trinajstić information content (AvgIpc) is 2.61. The van der Waals surface area contributed by atoms with Crippen LogP contribution in [0, 0.1) is 0 Å². The van der Waals surface area contributed by atoms with Crippen molar-refractivity contribution in [3.05, 3.63) is 0 Å². The van der Waals surface area contributed by atoms with Crippen LogP contribution in [-0.4, -0.2) is 40.1 Å². The molecular formula is C9H19NO4S. The lowest BCUT2D eigenvalue weighted by Gasteiger charge is -2.10. The molecule has 1 fully saturated rings. The average molecular weight is 237 g/mol. The Morgan fingerprint density at radius 2 is 1.80 bits per heavy atom. The van der Waals surface area contributed by atoms with Gasteiger partial charge in [-0.3, -0.25) is 0 Å². The molecule has 0 saturated heterocycles. The second-order valence-electron chi connectivity index (χ2n) is 3.76. The van der Waals surface area contributed by atoms with Crippen molar-refractivity contribution in [2.24, 2.45) is 5.14 Å². The van der Waals surface area contributed by atoms with Crippen LogP contribution in [-0.2, 0) is 19.5 Å². The monoisotopic (exact) mass is 237 g/mol. The Morgan fingerprint density at radius 1 is 1.13 bits per heavy atom. The van der Waals surface area contributed by atoms with Gasteiger partial charge >= 0.3 is 0 Å². The predicted octanol–water partition coefficient (Wildman–Crippen LogP) is 0.251. The number of sulfonamides is 1. The summed E-state index contributed by atoms with van der Waals surface area (Å²) in [6, 6.07) is 0. The van der Waals surface area contributed by atoms with Crippen molar-refractivity contribution in [1.29, 1.82) is 0 Å². The molecule has 0 spiro atoms. The molecule has 90 valence electrons. The molecule has 0 amide bonds. The lowest BCUT2D eigenvalue weighted by atomic mass is 10.3. The highest BCUT2D eigenvalue weighted by Gasteiger charge is 2.14. The molecular weight excluding hydrogens is 218 g/mol. The second kappa shape index (κ2) is 6.42. The van der Waals surface area contributed by atoms with Crippen molar-refractivity contribution in [3.8, 4) is 0 Å². The minimum absolute atomic E-state index is 0.129. The fourth-order valence-corrected chi connectivity index (χ4v) is 1.96. The van der Waals surface area contributed by atoms with Crippen LogP contribution in [0.4, 0.5) is 0 Å². The zero-order chi connectivity index (χ0) is 11.1. The Bertz CT molecular complexity index is 259. The van der Waals surface area contributed by atoms with Crippen LogP contribution >= 0.6 is 0 Å². The zero-order valence-corrected chi connectivity index (χ0v) is 9.67. The largest absolute Gasteiger partial charge is 0.378 e. The minimum atomic E-state index is -3.39. The van der Waals surface area contributed by atoms with E-state index in [1.54, 1.807) is 0 Å². The molecule has 6 heteroatoms. The van der Waals surface area contributed by atoms with Gasteiger partial charge in [-0.15, -0.1) is 0 Å². The van der Waals surface area contributed by atoms with Crippen LogP contribution in [0.5, 0.6) is 0 Å². The third-order valence-corrected chi connectivity index (χ3v) is 3.13. The second-order valence-corrected chi connectivity index (χ2v) is 5.49. The number of primary sulfonamides is 1. The number of rotatable bonds is 7. The van der Waals surface area contributed by atoms with Gasteiger partial charge in [0.1, 0.15) is 0 Å². The fourth-order valence-electron chi connectivity index (χ4n) is 1.61. The van der Waals surface area contributed by atoms with Crippen molar-refractivity contribution in [3.63, 3.8) is 0 Å². The molecule has 0 aromatic carbocycles. The fraction of sp³-hybridized carbons (Fsp3) is 1.00. The Balaban J connectivity index is 1.89. The zero-order valence-electron chi connectivity index (χ0n) is 8.85. The van der Waals surface area contributed by atoms with E-state index in [4.69, 9.17) is 14.6 Å². The van der Waals surface area contributed by atoms with E-state index < -0.39 is 10.0 Å². The summed E-state index contributed by atoms with van der Waals surface area (Å²) in [4.78, 5) is 0. The Kier molecular flexibility index (Phi) is 5.52. The summed E-state index contributed by atoms with van der Waals surface area (Å²) >= 11 is 0. The summed E-state index contributed by atoms with van der Waals surface area (Å²) < 4.78 is 31.7. The molecule has 0 unspecified atom stereocenters. The Hall–Kier alpha value is -0.170. The molecule has 0 heterocycles. The van der Waals surface area contributed by atoms with Gasteiger partial charge in [0.25, 0.3) is 0 Å². The van der Waals surface area contributed by atoms with Crippen LogP contribution in [0.3, 0.4) is 0 Å². The quantitative estimate of drug-likeness (QED) is 0.644. The smallest absolute Gasteiger partial charge is 0.211 e. The molecule has 0 atom stereocenters. The summed E-state index contributed by atoms with van der Waals surface area (Å²) in [6.45, 7) is 1.12. The highest BCUT2D eigenvalue weighted by Crippen LogP contribution is 2.20. The van der Waals surface area contributed by atoms with Crippen LogP contribution in [0.15, 0.2) is 0 Å². The van der Waals surface area contributed by atoms with Crippen LogP contribution in [0.2, 0.25) is 0 Å².